The number of hydrogen-bond acceptors (Lipinski definition) is 6. The summed E-state index contributed by atoms with van der Waals surface area (Å²) in [5.74, 6) is -0.305. The number of esters is 1. The van der Waals surface area contributed by atoms with Gasteiger partial charge in [0.05, 0.1) is 12.0 Å². The lowest BCUT2D eigenvalue weighted by molar-refractivity contribution is -0.0328. The van der Waals surface area contributed by atoms with Gasteiger partial charge in [0.2, 0.25) is 0 Å². The van der Waals surface area contributed by atoms with Crippen molar-refractivity contribution in [1.29, 1.82) is 0 Å². The Morgan fingerprint density at radius 1 is 1.32 bits per heavy atom. The number of nitrogens with one attached hydrogen (secondary N) is 1. The fraction of sp³-hybridized carbons (Fsp3) is 0.278. The second kappa shape index (κ2) is 7.96. The number of rotatable bonds is 5. The molecule has 0 atom stereocenters. The number of halogens is 3. The molecular formula is C18H15F3N2O3S2. The van der Waals surface area contributed by atoms with Gasteiger partial charge in [-0.1, -0.05) is 18.2 Å². The highest BCUT2D eigenvalue weighted by Crippen LogP contribution is 2.39. The van der Waals surface area contributed by atoms with Crippen molar-refractivity contribution in [3.63, 3.8) is 0 Å². The number of fused-ring (bicyclic) bond motifs is 1. The summed E-state index contributed by atoms with van der Waals surface area (Å²) >= 11 is 0.826. The normalized spacial score (nSPS) is 11.8. The molecule has 0 aliphatic heterocycles. The van der Waals surface area contributed by atoms with Crippen LogP contribution in [0.15, 0.2) is 34.0 Å². The van der Waals surface area contributed by atoms with Crippen LogP contribution in [-0.4, -0.2) is 28.1 Å². The summed E-state index contributed by atoms with van der Waals surface area (Å²) in [4.78, 5) is 32.2. The highest BCUT2D eigenvalue weighted by Gasteiger charge is 2.30. The lowest BCUT2D eigenvalue weighted by atomic mass is 10.1. The van der Waals surface area contributed by atoms with Crippen LogP contribution in [0.4, 0.5) is 13.2 Å². The molecule has 28 heavy (non-hydrogen) atoms. The molecule has 3 rings (SSSR count). The van der Waals surface area contributed by atoms with E-state index in [1.165, 1.54) is 12.1 Å². The van der Waals surface area contributed by atoms with Crippen molar-refractivity contribution in [2.75, 3.05) is 6.61 Å². The Labute approximate surface area is 165 Å². The monoisotopic (exact) mass is 428 g/mol. The maximum absolute atomic E-state index is 12.8. The fourth-order valence-corrected chi connectivity index (χ4v) is 4.48. The summed E-state index contributed by atoms with van der Waals surface area (Å²) in [7, 11) is 0. The van der Waals surface area contributed by atoms with Crippen LogP contribution in [0.3, 0.4) is 0 Å². The molecule has 5 nitrogen and oxygen atoms in total. The Morgan fingerprint density at radius 2 is 2.04 bits per heavy atom. The van der Waals surface area contributed by atoms with E-state index in [1.807, 2.05) is 0 Å². The van der Waals surface area contributed by atoms with E-state index in [0.29, 0.717) is 20.8 Å². The summed E-state index contributed by atoms with van der Waals surface area (Å²) in [5, 5.41) is 0.287. The van der Waals surface area contributed by atoms with E-state index in [1.54, 1.807) is 26.0 Å². The minimum atomic E-state index is -4.42. The third-order valence-electron chi connectivity index (χ3n) is 3.87. The van der Waals surface area contributed by atoms with Crippen LogP contribution >= 0.6 is 23.1 Å². The van der Waals surface area contributed by atoms with Crippen molar-refractivity contribution in [2.24, 2.45) is 0 Å². The van der Waals surface area contributed by atoms with Crippen molar-refractivity contribution in [3.8, 4) is 0 Å². The summed E-state index contributed by atoms with van der Waals surface area (Å²) in [5.41, 5.74) is -3.98. The van der Waals surface area contributed by atoms with E-state index in [0.717, 1.165) is 11.3 Å². The Kier molecular flexibility index (Phi) is 5.80. The number of benzene rings is 1. The average Bonchev–Trinajstić information content (AvgIpc) is 2.93. The molecule has 0 aliphatic rings. The Hall–Kier alpha value is -2.33. The number of thioether (sulfide) groups is 1. The van der Waals surface area contributed by atoms with Crippen LogP contribution in [0.1, 0.15) is 33.5 Å². The average molecular weight is 428 g/mol. The zero-order chi connectivity index (χ0) is 20.5. The molecule has 2 heterocycles. The maximum Gasteiger partial charge on any atom is 0.446 e. The largest absolute Gasteiger partial charge is 0.462 e. The van der Waals surface area contributed by atoms with Crippen molar-refractivity contribution in [2.45, 2.75) is 30.7 Å². The van der Waals surface area contributed by atoms with Gasteiger partial charge < -0.3 is 9.72 Å². The molecule has 0 saturated heterocycles. The number of H-pyrrole nitrogens is 1. The number of aromatic amines is 1. The van der Waals surface area contributed by atoms with Crippen LogP contribution < -0.4 is 5.56 Å². The molecule has 0 aliphatic carbocycles. The van der Waals surface area contributed by atoms with E-state index in [4.69, 9.17) is 4.74 Å². The zero-order valence-corrected chi connectivity index (χ0v) is 16.5. The van der Waals surface area contributed by atoms with Crippen molar-refractivity contribution < 1.29 is 22.7 Å². The van der Waals surface area contributed by atoms with Crippen molar-refractivity contribution in [1.82, 2.24) is 9.97 Å². The van der Waals surface area contributed by atoms with Gasteiger partial charge in [-0.25, -0.2) is 9.78 Å². The van der Waals surface area contributed by atoms with Crippen molar-refractivity contribution in [3.05, 3.63) is 56.4 Å². The van der Waals surface area contributed by atoms with Crippen LogP contribution in [0.2, 0.25) is 0 Å². The SMILES string of the molecule is CCOC(=O)c1sc2nc(Cc3ccccc3SC(F)(F)F)[nH]c(=O)c2c1C. The van der Waals surface area contributed by atoms with Crippen LogP contribution in [0.5, 0.6) is 0 Å². The summed E-state index contributed by atoms with van der Waals surface area (Å²) in [6.45, 7) is 3.52. The van der Waals surface area contributed by atoms with Gasteiger partial charge in [-0.15, -0.1) is 11.3 Å². The highest BCUT2D eigenvalue weighted by atomic mass is 32.2. The highest BCUT2D eigenvalue weighted by molar-refractivity contribution is 8.00. The van der Waals surface area contributed by atoms with Gasteiger partial charge in [0.25, 0.3) is 5.56 Å². The fourth-order valence-electron chi connectivity index (χ4n) is 2.72. The number of aromatic nitrogens is 2. The number of nitrogens with zero attached hydrogens (tertiary/aromatic N) is 1. The predicted octanol–water partition coefficient (Wildman–Crippen LogP) is 4.67. The van der Waals surface area contributed by atoms with Gasteiger partial charge in [0.15, 0.2) is 0 Å². The Morgan fingerprint density at radius 3 is 2.71 bits per heavy atom. The molecule has 0 radical (unpaired) electrons. The first kappa shape index (κ1) is 20.4. The van der Waals surface area contributed by atoms with Gasteiger partial charge >= 0.3 is 11.5 Å². The molecule has 10 heteroatoms. The van der Waals surface area contributed by atoms with E-state index < -0.39 is 17.0 Å². The summed E-state index contributed by atoms with van der Waals surface area (Å²) in [6.07, 6.45) is 0.0239. The molecule has 0 amide bonds. The number of thiophene rings is 1. The number of aryl methyl sites for hydroxylation is 1. The van der Waals surface area contributed by atoms with Crippen molar-refractivity contribution >= 4 is 39.3 Å². The van der Waals surface area contributed by atoms with Crippen LogP contribution in [-0.2, 0) is 11.2 Å². The second-order valence-electron chi connectivity index (χ2n) is 5.80. The van der Waals surface area contributed by atoms with Crippen LogP contribution in [0, 0.1) is 6.92 Å². The van der Waals surface area contributed by atoms with E-state index >= 15 is 0 Å². The quantitative estimate of drug-likeness (QED) is 0.472. The first-order valence-electron chi connectivity index (χ1n) is 8.22. The second-order valence-corrected chi connectivity index (χ2v) is 7.91. The Bertz CT molecular complexity index is 1090. The van der Waals surface area contributed by atoms with Gasteiger partial charge in [-0.3, -0.25) is 4.79 Å². The van der Waals surface area contributed by atoms with Crippen LogP contribution in [0.25, 0.3) is 10.2 Å². The molecule has 0 fully saturated rings. The number of carbonyl (C=O) groups is 1. The molecule has 0 unspecified atom stereocenters. The molecule has 0 spiro atoms. The molecule has 3 aromatic rings. The summed E-state index contributed by atoms with van der Waals surface area (Å²) < 4.78 is 43.3. The molecular weight excluding hydrogens is 413 g/mol. The molecule has 0 bridgehead atoms. The Balaban J connectivity index is 2.00. The van der Waals surface area contributed by atoms with E-state index in [-0.39, 0.29) is 40.9 Å². The molecule has 1 aromatic carbocycles. The minimum Gasteiger partial charge on any atom is -0.462 e. The number of alkyl halides is 3. The number of carbonyl (C=O) groups excluding carboxylic acids is 1. The lowest BCUT2D eigenvalue weighted by Gasteiger charge is -2.10. The van der Waals surface area contributed by atoms with Gasteiger partial charge in [-0.2, -0.15) is 13.2 Å². The smallest absolute Gasteiger partial charge is 0.446 e. The first-order chi connectivity index (χ1) is 13.2. The minimum absolute atomic E-state index is 0.0239. The molecule has 148 valence electrons. The van der Waals surface area contributed by atoms with Gasteiger partial charge in [-0.05, 0) is 42.8 Å². The molecule has 2 aromatic heterocycles. The number of ether oxygens (including phenoxy) is 1. The predicted molar refractivity (Wildman–Crippen MR) is 102 cm³/mol. The molecule has 1 N–H and O–H groups in total. The van der Waals surface area contributed by atoms with Gasteiger partial charge in [0, 0.05) is 11.3 Å². The zero-order valence-electron chi connectivity index (χ0n) is 14.8. The maximum atomic E-state index is 12.8. The third-order valence-corrected chi connectivity index (χ3v) is 5.88. The van der Waals surface area contributed by atoms with E-state index in [2.05, 4.69) is 9.97 Å². The number of hydrogen-bond donors (Lipinski definition) is 1. The standard InChI is InChI=1S/C18H15F3N2O3S2/c1-3-26-17(25)14-9(2)13-15(24)22-12(23-16(13)27-14)8-10-6-4-5-7-11(10)28-18(19,20)21/h4-7H,3,8H2,1-2H3,(H,22,23,24). The topological polar surface area (TPSA) is 72.0 Å². The third kappa shape index (κ3) is 4.39. The molecule has 0 saturated carbocycles. The summed E-state index contributed by atoms with van der Waals surface area (Å²) in [6, 6.07) is 6.08. The van der Waals surface area contributed by atoms with E-state index in [9.17, 15) is 22.8 Å². The first-order valence-corrected chi connectivity index (χ1v) is 9.86. The van der Waals surface area contributed by atoms with Gasteiger partial charge in [0.1, 0.15) is 15.5 Å². The lowest BCUT2D eigenvalue weighted by Crippen LogP contribution is -2.12.